The van der Waals surface area contributed by atoms with E-state index in [9.17, 15) is 13.2 Å². The number of benzene rings is 1. The summed E-state index contributed by atoms with van der Waals surface area (Å²) >= 11 is 0. The number of carbonyl (C=O) groups excluding carboxylic acids is 1. The molecule has 1 fully saturated rings. The van der Waals surface area contributed by atoms with E-state index in [1.165, 1.54) is 12.8 Å². The summed E-state index contributed by atoms with van der Waals surface area (Å²) in [7, 11) is -1.78. The molecule has 0 aromatic heterocycles. The van der Waals surface area contributed by atoms with Gasteiger partial charge in [0.25, 0.3) is 0 Å². The lowest BCUT2D eigenvalue weighted by atomic mass is 10.0. The molecule has 0 N–H and O–H groups in total. The number of anilines is 1. The Morgan fingerprint density at radius 3 is 2.44 bits per heavy atom. The molecule has 0 atom stereocenters. The van der Waals surface area contributed by atoms with Crippen LogP contribution in [-0.4, -0.2) is 38.3 Å². The maximum atomic E-state index is 13.1. The van der Waals surface area contributed by atoms with Crippen molar-refractivity contribution in [3.05, 3.63) is 23.8 Å². The van der Waals surface area contributed by atoms with E-state index >= 15 is 0 Å². The second-order valence-corrected chi connectivity index (χ2v) is 9.23. The summed E-state index contributed by atoms with van der Waals surface area (Å²) in [5, 5.41) is 0. The van der Waals surface area contributed by atoms with E-state index in [1.807, 2.05) is 0 Å². The first kappa shape index (κ1) is 18.4. The van der Waals surface area contributed by atoms with E-state index in [1.54, 1.807) is 41.4 Å². The molecule has 6 heteroatoms. The molecular weight excluding hydrogens is 336 g/mol. The van der Waals surface area contributed by atoms with E-state index in [2.05, 4.69) is 0 Å². The van der Waals surface area contributed by atoms with Crippen molar-refractivity contribution in [1.29, 1.82) is 0 Å². The van der Waals surface area contributed by atoms with Crippen LogP contribution in [-0.2, 0) is 21.2 Å². The molecule has 138 valence electrons. The predicted octanol–water partition coefficient (Wildman–Crippen LogP) is 3.33. The van der Waals surface area contributed by atoms with Gasteiger partial charge in [-0.05, 0) is 49.4 Å². The smallest absolute Gasteiger partial charge is 0.243 e. The second kappa shape index (κ2) is 7.46. The fourth-order valence-corrected chi connectivity index (χ4v) is 5.51. The van der Waals surface area contributed by atoms with Crippen LogP contribution in [0.1, 0.15) is 57.4 Å². The zero-order valence-electron chi connectivity index (χ0n) is 15.2. The number of fused-ring (bicyclic) bond motifs is 1. The third-order valence-corrected chi connectivity index (χ3v) is 7.47. The third-order valence-electron chi connectivity index (χ3n) is 5.57. The van der Waals surface area contributed by atoms with Gasteiger partial charge in [0.05, 0.1) is 4.90 Å². The molecule has 1 heterocycles. The fraction of sp³-hybridized carbons (Fsp3) is 0.632. The SMILES string of the molecule is CC(=O)N1CCCc2cc(S(=O)(=O)N(C)C3CCCCCC3)ccc21. The van der Waals surface area contributed by atoms with Gasteiger partial charge in [-0.2, -0.15) is 4.31 Å². The van der Waals surface area contributed by atoms with E-state index in [0.29, 0.717) is 11.4 Å². The molecule has 1 aliphatic heterocycles. The van der Waals surface area contributed by atoms with Gasteiger partial charge in [-0.25, -0.2) is 8.42 Å². The number of carbonyl (C=O) groups is 1. The van der Waals surface area contributed by atoms with Crippen molar-refractivity contribution in [1.82, 2.24) is 4.31 Å². The van der Waals surface area contributed by atoms with Crippen LogP contribution in [0.4, 0.5) is 5.69 Å². The number of sulfonamides is 1. The first-order chi connectivity index (χ1) is 11.9. The zero-order chi connectivity index (χ0) is 18.0. The Hall–Kier alpha value is -1.40. The number of amides is 1. The minimum absolute atomic E-state index is 0.00660. The van der Waals surface area contributed by atoms with Gasteiger partial charge in [0.2, 0.25) is 15.9 Å². The number of aryl methyl sites for hydroxylation is 1. The number of hydrogen-bond acceptors (Lipinski definition) is 3. The Labute approximate surface area is 151 Å². The highest BCUT2D eigenvalue weighted by Gasteiger charge is 2.30. The van der Waals surface area contributed by atoms with E-state index in [0.717, 1.165) is 49.8 Å². The van der Waals surface area contributed by atoms with Crippen LogP contribution in [0.15, 0.2) is 23.1 Å². The molecule has 1 amide bonds. The summed E-state index contributed by atoms with van der Waals surface area (Å²) in [4.78, 5) is 13.9. The molecule has 2 aliphatic rings. The highest BCUT2D eigenvalue weighted by atomic mass is 32.2. The number of rotatable bonds is 3. The van der Waals surface area contributed by atoms with Crippen molar-refractivity contribution in [3.8, 4) is 0 Å². The van der Waals surface area contributed by atoms with Gasteiger partial charge in [-0.15, -0.1) is 0 Å². The van der Waals surface area contributed by atoms with Crippen LogP contribution < -0.4 is 4.90 Å². The Morgan fingerprint density at radius 2 is 1.80 bits per heavy atom. The molecule has 1 saturated carbocycles. The monoisotopic (exact) mass is 364 g/mol. The third kappa shape index (κ3) is 3.75. The average molecular weight is 365 g/mol. The van der Waals surface area contributed by atoms with E-state index < -0.39 is 10.0 Å². The topological polar surface area (TPSA) is 57.7 Å². The number of hydrogen-bond donors (Lipinski definition) is 0. The van der Waals surface area contributed by atoms with Gasteiger partial charge in [-0.3, -0.25) is 4.79 Å². The summed E-state index contributed by atoms with van der Waals surface area (Å²) in [5.41, 5.74) is 1.81. The van der Waals surface area contributed by atoms with Crippen LogP contribution in [0.2, 0.25) is 0 Å². The molecule has 25 heavy (non-hydrogen) atoms. The summed E-state index contributed by atoms with van der Waals surface area (Å²) in [6.45, 7) is 2.26. The quantitative estimate of drug-likeness (QED) is 0.773. The van der Waals surface area contributed by atoms with Crippen molar-refractivity contribution in [2.45, 2.75) is 69.2 Å². The maximum absolute atomic E-state index is 13.1. The van der Waals surface area contributed by atoms with E-state index in [4.69, 9.17) is 0 Å². The minimum Gasteiger partial charge on any atom is -0.312 e. The van der Waals surface area contributed by atoms with Crippen molar-refractivity contribution in [2.75, 3.05) is 18.5 Å². The van der Waals surface area contributed by atoms with Crippen molar-refractivity contribution < 1.29 is 13.2 Å². The highest BCUT2D eigenvalue weighted by Crippen LogP contribution is 2.32. The average Bonchev–Trinajstić information content (AvgIpc) is 2.89. The normalized spacial score (nSPS) is 19.6. The van der Waals surface area contributed by atoms with Crippen LogP contribution in [0.3, 0.4) is 0 Å². The summed E-state index contributed by atoms with van der Waals surface area (Å²) in [6.07, 6.45) is 8.17. The molecule has 1 aromatic carbocycles. The van der Waals surface area contributed by atoms with Gasteiger partial charge in [0.15, 0.2) is 0 Å². The van der Waals surface area contributed by atoms with Crippen molar-refractivity contribution in [2.24, 2.45) is 0 Å². The molecule has 0 saturated heterocycles. The zero-order valence-corrected chi connectivity index (χ0v) is 16.0. The van der Waals surface area contributed by atoms with Crippen molar-refractivity contribution >= 4 is 21.6 Å². The van der Waals surface area contributed by atoms with Crippen LogP contribution in [0.25, 0.3) is 0 Å². The Kier molecular flexibility index (Phi) is 5.49. The lowest BCUT2D eigenvalue weighted by Crippen LogP contribution is -2.37. The standard InChI is InChI=1S/C19H28N2O3S/c1-15(22)21-13-7-8-16-14-18(11-12-19(16)21)25(23,24)20(2)17-9-5-3-4-6-10-17/h11-12,14,17H,3-10,13H2,1-2H3. The van der Waals surface area contributed by atoms with Crippen molar-refractivity contribution in [3.63, 3.8) is 0 Å². The fourth-order valence-electron chi connectivity index (χ4n) is 4.04. The summed E-state index contributed by atoms with van der Waals surface area (Å²) in [6, 6.07) is 5.32. The van der Waals surface area contributed by atoms with Crippen LogP contribution in [0.5, 0.6) is 0 Å². The molecular formula is C19H28N2O3S. The molecule has 1 aliphatic carbocycles. The van der Waals surface area contributed by atoms with Gasteiger partial charge in [-0.1, -0.05) is 25.7 Å². The van der Waals surface area contributed by atoms with Gasteiger partial charge in [0.1, 0.15) is 0 Å². The molecule has 1 aromatic rings. The minimum atomic E-state index is -3.50. The largest absolute Gasteiger partial charge is 0.312 e. The second-order valence-electron chi connectivity index (χ2n) is 7.23. The first-order valence-electron chi connectivity index (χ1n) is 9.30. The molecule has 3 rings (SSSR count). The van der Waals surface area contributed by atoms with Gasteiger partial charge in [0, 0.05) is 32.2 Å². The Bertz CT molecular complexity index is 737. The van der Waals surface area contributed by atoms with Gasteiger partial charge < -0.3 is 4.90 Å². The molecule has 0 bridgehead atoms. The summed E-state index contributed by atoms with van der Waals surface area (Å²) < 4.78 is 27.8. The lowest BCUT2D eigenvalue weighted by molar-refractivity contribution is -0.116. The first-order valence-corrected chi connectivity index (χ1v) is 10.7. The predicted molar refractivity (Wildman–Crippen MR) is 99.2 cm³/mol. The molecule has 0 spiro atoms. The lowest BCUT2D eigenvalue weighted by Gasteiger charge is -2.30. The Morgan fingerprint density at radius 1 is 1.12 bits per heavy atom. The van der Waals surface area contributed by atoms with Crippen LogP contribution >= 0.6 is 0 Å². The highest BCUT2D eigenvalue weighted by molar-refractivity contribution is 7.89. The number of nitrogens with zero attached hydrogens (tertiary/aromatic N) is 2. The Balaban J connectivity index is 1.88. The maximum Gasteiger partial charge on any atom is 0.243 e. The van der Waals surface area contributed by atoms with Crippen LogP contribution in [0, 0.1) is 0 Å². The van der Waals surface area contributed by atoms with Gasteiger partial charge >= 0.3 is 0 Å². The molecule has 5 nitrogen and oxygen atoms in total. The summed E-state index contributed by atoms with van der Waals surface area (Å²) in [5.74, 6) is 0.00660. The molecule has 0 radical (unpaired) electrons. The molecule has 0 unspecified atom stereocenters. The van der Waals surface area contributed by atoms with E-state index in [-0.39, 0.29) is 11.9 Å².